The normalized spacial score (nSPS) is 12.6. The first kappa shape index (κ1) is 9.88. The SMILES string of the molecule is CC[N+](C)(C)CCC(O)O. The van der Waals surface area contributed by atoms with Crippen LogP contribution in [0.5, 0.6) is 0 Å². The van der Waals surface area contributed by atoms with Gasteiger partial charge in [-0.1, -0.05) is 0 Å². The number of hydrogen-bond acceptors (Lipinski definition) is 2. The molecule has 0 unspecified atom stereocenters. The first-order valence-corrected chi connectivity index (χ1v) is 3.66. The zero-order valence-electron chi connectivity index (χ0n) is 7.04. The van der Waals surface area contributed by atoms with E-state index in [1.807, 2.05) is 0 Å². The largest absolute Gasteiger partial charge is 0.368 e. The van der Waals surface area contributed by atoms with Crippen molar-refractivity contribution in [2.45, 2.75) is 19.6 Å². The summed E-state index contributed by atoms with van der Waals surface area (Å²) in [7, 11) is 4.14. The molecule has 0 amide bonds. The van der Waals surface area contributed by atoms with E-state index in [9.17, 15) is 0 Å². The minimum atomic E-state index is -1.15. The molecule has 0 saturated heterocycles. The summed E-state index contributed by atoms with van der Waals surface area (Å²) in [5.41, 5.74) is 0. The zero-order valence-corrected chi connectivity index (χ0v) is 7.04. The van der Waals surface area contributed by atoms with E-state index in [1.54, 1.807) is 0 Å². The van der Waals surface area contributed by atoms with Crippen molar-refractivity contribution in [1.82, 2.24) is 0 Å². The number of hydrogen-bond donors (Lipinski definition) is 2. The first-order chi connectivity index (χ1) is 4.48. The van der Waals surface area contributed by atoms with Gasteiger partial charge in [0.05, 0.1) is 27.2 Å². The van der Waals surface area contributed by atoms with E-state index in [2.05, 4.69) is 21.0 Å². The summed E-state index contributed by atoms with van der Waals surface area (Å²) in [4.78, 5) is 0. The maximum atomic E-state index is 8.56. The molecule has 0 bridgehead atoms. The molecule has 0 radical (unpaired) electrons. The van der Waals surface area contributed by atoms with Crippen LogP contribution in [0.2, 0.25) is 0 Å². The molecule has 0 aromatic heterocycles. The third kappa shape index (κ3) is 4.73. The second-order valence-corrected chi connectivity index (χ2v) is 3.24. The van der Waals surface area contributed by atoms with Crippen LogP contribution in [0.3, 0.4) is 0 Å². The maximum Gasteiger partial charge on any atom is 0.156 e. The minimum Gasteiger partial charge on any atom is -0.368 e. The summed E-state index contributed by atoms with van der Waals surface area (Å²) >= 11 is 0. The topological polar surface area (TPSA) is 40.5 Å². The first-order valence-electron chi connectivity index (χ1n) is 3.66. The predicted molar refractivity (Wildman–Crippen MR) is 40.4 cm³/mol. The van der Waals surface area contributed by atoms with Crippen LogP contribution in [-0.4, -0.2) is 48.2 Å². The van der Waals surface area contributed by atoms with E-state index in [4.69, 9.17) is 10.2 Å². The zero-order chi connectivity index (χ0) is 8.20. The summed E-state index contributed by atoms with van der Waals surface area (Å²) < 4.78 is 0.845. The van der Waals surface area contributed by atoms with Crippen molar-refractivity contribution in [3.63, 3.8) is 0 Å². The minimum absolute atomic E-state index is 0.459. The third-order valence-corrected chi connectivity index (χ3v) is 1.85. The maximum absolute atomic E-state index is 8.56. The van der Waals surface area contributed by atoms with Crippen molar-refractivity contribution in [3.05, 3.63) is 0 Å². The fraction of sp³-hybridized carbons (Fsp3) is 1.00. The van der Waals surface area contributed by atoms with Gasteiger partial charge < -0.3 is 14.7 Å². The molecular formula is C7H18NO2+. The van der Waals surface area contributed by atoms with E-state index in [-0.39, 0.29) is 0 Å². The lowest BCUT2D eigenvalue weighted by Crippen LogP contribution is -2.41. The van der Waals surface area contributed by atoms with Crippen LogP contribution >= 0.6 is 0 Å². The molecule has 10 heavy (non-hydrogen) atoms. The van der Waals surface area contributed by atoms with Gasteiger partial charge in [-0.05, 0) is 6.92 Å². The molecule has 2 N–H and O–H groups in total. The molecule has 3 heteroatoms. The van der Waals surface area contributed by atoms with Crippen LogP contribution in [-0.2, 0) is 0 Å². The van der Waals surface area contributed by atoms with Gasteiger partial charge in [-0.3, -0.25) is 0 Å². The van der Waals surface area contributed by atoms with Gasteiger partial charge in [0.2, 0.25) is 0 Å². The molecular weight excluding hydrogens is 130 g/mol. The fourth-order valence-electron chi connectivity index (χ4n) is 0.623. The number of nitrogens with zero attached hydrogens (tertiary/aromatic N) is 1. The molecule has 0 rings (SSSR count). The molecule has 0 atom stereocenters. The predicted octanol–water partition coefficient (Wildman–Crippen LogP) is -0.216. The van der Waals surface area contributed by atoms with Crippen molar-refractivity contribution in [2.24, 2.45) is 0 Å². The van der Waals surface area contributed by atoms with Crippen molar-refractivity contribution < 1.29 is 14.7 Å². The van der Waals surface area contributed by atoms with E-state index in [0.717, 1.165) is 17.6 Å². The summed E-state index contributed by atoms with van der Waals surface area (Å²) in [6.07, 6.45) is -0.690. The monoisotopic (exact) mass is 148 g/mol. The van der Waals surface area contributed by atoms with Gasteiger partial charge in [0, 0.05) is 6.42 Å². The Kier molecular flexibility index (Phi) is 3.86. The van der Waals surface area contributed by atoms with Gasteiger partial charge in [-0.15, -0.1) is 0 Å². The van der Waals surface area contributed by atoms with Crippen LogP contribution in [0, 0.1) is 0 Å². The Bertz CT molecular complexity index is 91.6. The Morgan fingerprint density at radius 3 is 2.10 bits per heavy atom. The smallest absolute Gasteiger partial charge is 0.156 e. The van der Waals surface area contributed by atoms with Crippen LogP contribution in [0.25, 0.3) is 0 Å². The Morgan fingerprint density at radius 1 is 1.30 bits per heavy atom. The number of aliphatic hydroxyl groups excluding tert-OH is 1. The molecule has 0 fully saturated rings. The van der Waals surface area contributed by atoms with Gasteiger partial charge in [0.1, 0.15) is 0 Å². The van der Waals surface area contributed by atoms with Crippen molar-refractivity contribution in [3.8, 4) is 0 Å². The molecule has 0 saturated carbocycles. The second-order valence-electron chi connectivity index (χ2n) is 3.24. The average Bonchev–Trinajstić information content (AvgIpc) is 1.85. The van der Waals surface area contributed by atoms with Crippen LogP contribution in [0.15, 0.2) is 0 Å². The van der Waals surface area contributed by atoms with Crippen molar-refractivity contribution >= 4 is 0 Å². The third-order valence-electron chi connectivity index (χ3n) is 1.85. The highest BCUT2D eigenvalue weighted by molar-refractivity contribution is 4.37. The van der Waals surface area contributed by atoms with E-state index >= 15 is 0 Å². The van der Waals surface area contributed by atoms with Gasteiger partial charge in [0.25, 0.3) is 0 Å². The lowest BCUT2D eigenvalue weighted by molar-refractivity contribution is -0.889. The van der Waals surface area contributed by atoms with Gasteiger partial charge in [-0.2, -0.15) is 0 Å². The van der Waals surface area contributed by atoms with Gasteiger partial charge in [-0.25, -0.2) is 0 Å². The number of quaternary nitrogens is 1. The molecule has 0 aliphatic rings. The molecule has 0 aromatic rings. The highest BCUT2D eigenvalue weighted by Crippen LogP contribution is 1.99. The lowest BCUT2D eigenvalue weighted by Gasteiger charge is -2.28. The van der Waals surface area contributed by atoms with E-state index < -0.39 is 6.29 Å². The van der Waals surface area contributed by atoms with Crippen molar-refractivity contribution in [2.75, 3.05) is 27.2 Å². The molecule has 3 nitrogen and oxygen atoms in total. The second kappa shape index (κ2) is 3.91. The van der Waals surface area contributed by atoms with Gasteiger partial charge >= 0.3 is 0 Å². The molecule has 0 aliphatic heterocycles. The fourth-order valence-corrected chi connectivity index (χ4v) is 0.623. The molecule has 62 valence electrons. The summed E-state index contributed by atoms with van der Waals surface area (Å²) in [6.45, 7) is 3.92. The van der Waals surface area contributed by atoms with Gasteiger partial charge in [0.15, 0.2) is 6.29 Å². The Morgan fingerprint density at radius 2 is 1.80 bits per heavy atom. The highest BCUT2D eigenvalue weighted by Gasteiger charge is 2.12. The average molecular weight is 148 g/mol. The molecule has 0 aliphatic carbocycles. The van der Waals surface area contributed by atoms with E-state index in [1.165, 1.54) is 0 Å². The lowest BCUT2D eigenvalue weighted by atomic mass is 10.3. The summed E-state index contributed by atoms with van der Waals surface area (Å²) in [5.74, 6) is 0. The molecule has 0 spiro atoms. The number of aliphatic hydroxyl groups is 2. The van der Waals surface area contributed by atoms with E-state index in [0.29, 0.717) is 6.42 Å². The van der Waals surface area contributed by atoms with Crippen LogP contribution in [0.1, 0.15) is 13.3 Å². The standard InChI is InChI=1S/C7H18NO2/c1-4-8(2,3)6-5-7(9)10/h7,9-10H,4-6H2,1-3H3/q+1. The highest BCUT2D eigenvalue weighted by atomic mass is 16.5. The molecule has 0 heterocycles. The quantitative estimate of drug-likeness (QED) is 0.427. The van der Waals surface area contributed by atoms with Crippen LogP contribution in [0.4, 0.5) is 0 Å². The van der Waals surface area contributed by atoms with Crippen LogP contribution < -0.4 is 0 Å². The summed E-state index contributed by atoms with van der Waals surface area (Å²) in [6, 6.07) is 0. The molecule has 0 aromatic carbocycles. The Labute approximate surface area is 62.5 Å². The summed E-state index contributed by atoms with van der Waals surface area (Å²) in [5, 5.41) is 17.1. The van der Waals surface area contributed by atoms with Crippen molar-refractivity contribution in [1.29, 1.82) is 0 Å². The Hall–Kier alpha value is -0.120. The Balaban J connectivity index is 3.46. The number of rotatable bonds is 4.